The zero-order valence-corrected chi connectivity index (χ0v) is 14.6. The van der Waals surface area contributed by atoms with Gasteiger partial charge in [0.1, 0.15) is 5.82 Å². The Hall–Kier alpha value is -1.95. The first-order chi connectivity index (χ1) is 12.0. The second-order valence-electron chi connectivity index (χ2n) is 7.03. The lowest BCUT2D eigenvalue weighted by atomic mass is 9.83. The number of nitrogens with zero attached hydrogens (tertiary/aromatic N) is 2. The number of hydrogen-bond donors (Lipinski definition) is 1. The second kappa shape index (κ2) is 7.52. The van der Waals surface area contributed by atoms with E-state index in [1.54, 1.807) is 13.0 Å². The largest absolute Gasteiger partial charge is 0.396 e. The number of hydrogen-bond acceptors (Lipinski definition) is 3. The number of fused-ring (bicyclic) bond motifs is 1. The number of aryl methyl sites for hydroxylation is 1. The predicted octanol–water partition coefficient (Wildman–Crippen LogP) is 1.97. The Bertz CT molecular complexity index is 664. The Morgan fingerprint density at radius 2 is 2.16 bits per heavy atom. The van der Waals surface area contributed by atoms with E-state index in [0.29, 0.717) is 43.6 Å². The van der Waals surface area contributed by atoms with Crippen molar-refractivity contribution < 1.29 is 19.1 Å². The number of halogens is 1. The number of aliphatic hydroxyl groups is 1. The van der Waals surface area contributed by atoms with Crippen LogP contribution in [0.15, 0.2) is 18.2 Å². The molecule has 0 radical (unpaired) electrons. The highest BCUT2D eigenvalue weighted by atomic mass is 19.1. The molecule has 2 fully saturated rings. The molecule has 5 nitrogen and oxygen atoms in total. The molecular formula is C19H25FN2O3. The van der Waals surface area contributed by atoms with E-state index in [4.69, 9.17) is 5.11 Å². The summed E-state index contributed by atoms with van der Waals surface area (Å²) in [6.07, 6.45) is 2.65. The molecule has 2 saturated heterocycles. The van der Waals surface area contributed by atoms with Crippen molar-refractivity contribution in [3.05, 3.63) is 35.1 Å². The molecule has 0 aromatic heterocycles. The van der Waals surface area contributed by atoms with E-state index in [9.17, 15) is 14.0 Å². The van der Waals surface area contributed by atoms with E-state index in [1.807, 2.05) is 9.80 Å². The fourth-order valence-electron chi connectivity index (χ4n) is 4.03. The molecule has 0 aliphatic carbocycles. The Morgan fingerprint density at radius 3 is 2.88 bits per heavy atom. The minimum Gasteiger partial charge on any atom is -0.396 e. The molecule has 2 atom stereocenters. The van der Waals surface area contributed by atoms with Crippen LogP contribution < -0.4 is 0 Å². The van der Waals surface area contributed by atoms with Crippen molar-refractivity contribution in [3.8, 4) is 0 Å². The normalized spacial score (nSPS) is 23.6. The molecule has 6 heteroatoms. The average molecular weight is 348 g/mol. The van der Waals surface area contributed by atoms with Crippen LogP contribution in [0.1, 0.15) is 41.6 Å². The van der Waals surface area contributed by atoms with Crippen molar-refractivity contribution in [3.63, 3.8) is 0 Å². The van der Waals surface area contributed by atoms with Crippen molar-refractivity contribution in [1.82, 2.24) is 9.80 Å². The number of carbonyl (C=O) groups is 2. The summed E-state index contributed by atoms with van der Waals surface area (Å²) in [6, 6.07) is 4.63. The van der Waals surface area contributed by atoms with Gasteiger partial charge >= 0.3 is 0 Å². The number of benzene rings is 1. The Balaban J connectivity index is 1.69. The number of likely N-dealkylation sites (tertiary alicyclic amines) is 2. The summed E-state index contributed by atoms with van der Waals surface area (Å²) in [5, 5.41) is 9.04. The SMILES string of the molecule is Cc1cc(C(=O)N2CC[C@@H]3[C@@H](CCC(=O)N3CCCO)C2)ccc1F. The molecule has 2 amide bonds. The topological polar surface area (TPSA) is 60.9 Å². The maximum Gasteiger partial charge on any atom is 0.253 e. The van der Waals surface area contributed by atoms with Crippen LogP contribution in [-0.4, -0.2) is 59.0 Å². The molecule has 1 aromatic carbocycles. The van der Waals surface area contributed by atoms with Gasteiger partial charge in [0.15, 0.2) is 0 Å². The third-order valence-electron chi connectivity index (χ3n) is 5.39. The molecule has 25 heavy (non-hydrogen) atoms. The van der Waals surface area contributed by atoms with Gasteiger partial charge in [-0.25, -0.2) is 4.39 Å². The lowest BCUT2D eigenvalue weighted by molar-refractivity contribution is -0.140. The molecule has 1 aromatic rings. The lowest BCUT2D eigenvalue weighted by Crippen LogP contribution is -2.57. The number of piperidine rings is 2. The summed E-state index contributed by atoms with van der Waals surface area (Å²) in [6.45, 7) is 3.55. The number of aliphatic hydroxyl groups excluding tert-OH is 1. The van der Waals surface area contributed by atoms with Gasteiger partial charge < -0.3 is 14.9 Å². The van der Waals surface area contributed by atoms with Gasteiger partial charge in [-0.15, -0.1) is 0 Å². The molecule has 2 aliphatic rings. The quantitative estimate of drug-likeness (QED) is 0.905. The van der Waals surface area contributed by atoms with Crippen LogP contribution in [0, 0.1) is 18.7 Å². The summed E-state index contributed by atoms with van der Waals surface area (Å²) in [4.78, 5) is 28.7. The fraction of sp³-hybridized carbons (Fsp3) is 0.579. The van der Waals surface area contributed by atoms with Gasteiger partial charge in [0.05, 0.1) is 0 Å². The molecule has 136 valence electrons. The van der Waals surface area contributed by atoms with E-state index in [2.05, 4.69) is 0 Å². The maximum atomic E-state index is 13.4. The summed E-state index contributed by atoms with van der Waals surface area (Å²) in [5.41, 5.74) is 0.987. The maximum absolute atomic E-state index is 13.4. The van der Waals surface area contributed by atoms with Crippen molar-refractivity contribution in [2.75, 3.05) is 26.2 Å². The van der Waals surface area contributed by atoms with Crippen LogP contribution in [0.2, 0.25) is 0 Å². The fourth-order valence-corrected chi connectivity index (χ4v) is 4.03. The average Bonchev–Trinajstić information content (AvgIpc) is 2.62. The van der Waals surface area contributed by atoms with E-state index in [1.165, 1.54) is 12.1 Å². The van der Waals surface area contributed by atoms with Crippen molar-refractivity contribution in [1.29, 1.82) is 0 Å². The molecule has 2 heterocycles. The Labute approximate surface area is 147 Å². The molecule has 3 rings (SSSR count). The predicted molar refractivity (Wildman–Crippen MR) is 91.6 cm³/mol. The van der Waals surface area contributed by atoms with Crippen LogP contribution in [-0.2, 0) is 4.79 Å². The zero-order valence-electron chi connectivity index (χ0n) is 14.6. The van der Waals surface area contributed by atoms with Gasteiger partial charge in [-0.2, -0.15) is 0 Å². The minimum atomic E-state index is -0.305. The van der Waals surface area contributed by atoms with Gasteiger partial charge in [0.2, 0.25) is 5.91 Å². The Morgan fingerprint density at radius 1 is 1.36 bits per heavy atom. The first kappa shape index (κ1) is 17.9. The standard InChI is InChI=1S/C19H25FN2O3/c1-13-11-14(3-5-16(13)20)19(25)21-9-7-17-15(12-21)4-6-18(24)22(17)8-2-10-23/h3,5,11,15,17,23H,2,4,6-10,12H2,1H3/t15-,17+/m0/s1. The van der Waals surface area contributed by atoms with Crippen LogP contribution >= 0.6 is 0 Å². The van der Waals surface area contributed by atoms with E-state index >= 15 is 0 Å². The smallest absolute Gasteiger partial charge is 0.253 e. The van der Waals surface area contributed by atoms with Gasteiger partial charge in [0, 0.05) is 44.3 Å². The molecule has 1 N–H and O–H groups in total. The summed E-state index contributed by atoms with van der Waals surface area (Å²) >= 11 is 0. The summed E-state index contributed by atoms with van der Waals surface area (Å²) in [7, 11) is 0. The molecular weight excluding hydrogens is 323 g/mol. The third kappa shape index (κ3) is 3.68. The summed E-state index contributed by atoms with van der Waals surface area (Å²) < 4.78 is 13.4. The van der Waals surface area contributed by atoms with Crippen LogP contribution in [0.3, 0.4) is 0 Å². The molecule has 2 aliphatic heterocycles. The zero-order chi connectivity index (χ0) is 18.0. The van der Waals surface area contributed by atoms with Crippen LogP contribution in [0.25, 0.3) is 0 Å². The Kier molecular flexibility index (Phi) is 5.37. The van der Waals surface area contributed by atoms with Gasteiger partial charge in [-0.1, -0.05) is 0 Å². The first-order valence-corrected chi connectivity index (χ1v) is 8.97. The van der Waals surface area contributed by atoms with Gasteiger partial charge in [0.25, 0.3) is 5.91 Å². The van der Waals surface area contributed by atoms with Crippen LogP contribution in [0.5, 0.6) is 0 Å². The molecule has 0 saturated carbocycles. The van der Waals surface area contributed by atoms with Crippen LogP contribution in [0.4, 0.5) is 4.39 Å². The third-order valence-corrected chi connectivity index (χ3v) is 5.39. The van der Waals surface area contributed by atoms with E-state index < -0.39 is 0 Å². The second-order valence-corrected chi connectivity index (χ2v) is 7.03. The van der Waals surface area contributed by atoms with Gasteiger partial charge in [-0.05, 0) is 55.9 Å². The van der Waals surface area contributed by atoms with Gasteiger partial charge in [-0.3, -0.25) is 9.59 Å². The highest BCUT2D eigenvalue weighted by Gasteiger charge is 2.40. The lowest BCUT2D eigenvalue weighted by Gasteiger charge is -2.47. The highest BCUT2D eigenvalue weighted by Crippen LogP contribution is 2.32. The monoisotopic (exact) mass is 348 g/mol. The van der Waals surface area contributed by atoms with Crippen molar-refractivity contribution >= 4 is 11.8 Å². The number of amides is 2. The van der Waals surface area contributed by atoms with Crippen molar-refractivity contribution in [2.24, 2.45) is 5.92 Å². The minimum absolute atomic E-state index is 0.0691. The highest BCUT2D eigenvalue weighted by molar-refractivity contribution is 5.94. The van der Waals surface area contributed by atoms with Crippen molar-refractivity contribution in [2.45, 2.75) is 38.6 Å². The van der Waals surface area contributed by atoms with E-state index in [-0.39, 0.29) is 36.2 Å². The number of rotatable bonds is 4. The van der Waals surface area contributed by atoms with E-state index in [0.717, 1.165) is 12.8 Å². The summed E-state index contributed by atoms with van der Waals surface area (Å²) in [5.74, 6) is 0.0557. The molecule has 0 unspecified atom stereocenters. The molecule has 0 spiro atoms. The number of carbonyl (C=O) groups excluding carboxylic acids is 2. The first-order valence-electron chi connectivity index (χ1n) is 8.97. The molecule has 0 bridgehead atoms.